The van der Waals surface area contributed by atoms with E-state index in [9.17, 15) is 4.39 Å². The number of alkyl halides is 1. The standard InChI is InChI=1S/C26H33FN6O/c1-17(2)15-32-12-10-23(21(27)16-32)29-25-30-26(3,34-4)24-20(9-13-33(24)31-25)18-7-8-22-19(14-18)6-5-11-28-22/h5-9,11,13-14,17,21,23H,10,12,15-16H2,1-4H3,(H2,29,30,31)/t21-,23+,26?/m1/s1. The van der Waals surface area contributed by atoms with Crippen LogP contribution in [-0.2, 0) is 10.5 Å². The smallest absolute Gasteiger partial charge is 0.213 e. The molecule has 1 saturated heterocycles. The zero-order valence-electron chi connectivity index (χ0n) is 20.3. The van der Waals surface area contributed by atoms with Crippen molar-refractivity contribution in [2.75, 3.05) is 32.2 Å². The van der Waals surface area contributed by atoms with E-state index >= 15 is 0 Å². The van der Waals surface area contributed by atoms with Crippen molar-refractivity contribution in [3.05, 3.63) is 54.5 Å². The van der Waals surface area contributed by atoms with E-state index in [1.807, 2.05) is 29.9 Å². The van der Waals surface area contributed by atoms with Crippen LogP contribution in [-0.4, -0.2) is 59.5 Å². The van der Waals surface area contributed by atoms with E-state index in [-0.39, 0.29) is 6.04 Å². The molecule has 2 N–H and O–H groups in total. The average Bonchev–Trinajstić information content (AvgIpc) is 3.25. The van der Waals surface area contributed by atoms with Crippen LogP contribution in [0.2, 0.25) is 0 Å². The van der Waals surface area contributed by atoms with Gasteiger partial charge in [-0.1, -0.05) is 26.0 Å². The largest absolute Gasteiger partial charge is 0.353 e. The fourth-order valence-electron chi connectivity index (χ4n) is 5.07. The van der Waals surface area contributed by atoms with Crippen molar-refractivity contribution in [1.82, 2.24) is 19.9 Å². The number of ether oxygens (including phenoxy) is 1. The van der Waals surface area contributed by atoms with Crippen molar-refractivity contribution in [3.63, 3.8) is 0 Å². The second kappa shape index (κ2) is 9.00. The number of nitrogens with zero attached hydrogens (tertiary/aromatic N) is 4. The minimum atomic E-state index is -0.995. The van der Waals surface area contributed by atoms with Gasteiger partial charge in [-0.25, -0.2) is 9.38 Å². The van der Waals surface area contributed by atoms with Gasteiger partial charge in [-0.2, -0.15) is 0 Å². The summed E-state index contributed by atoms with van der Waals surface area (Å²) in [6.07, 6.45) is 3.46. The summed E-state index contributed by atoms with van der Waals surface area (Å²) in [7, 11) is 1.67. The Morgan fingerprint density at radius 3 is 2.91 bits per heavy atom. The van der Waals surface area contributed by atoms with Gasteiger partial charge in [0.1, 0.15) is 6.17 Å². The minimum absolute atomic E-state index is 0.385. The maximum atomic E-state index is 15.0. The van der Waals surface area contributed by atoms with E-state index in [0.29, 0.717) is 24.8 Å². The molecule has 8 heteroatoms. The Labute approximate surface area is 200 Å². The monoisotopic (exact) mass is 464 g/mol. The lowest BCUT2D eigenvalue weighted by atomic mass is 9.98. The number of guanidine groups is 1. The lowest BCUT2D eigenvalue weighted by molar-refractivity contribution is -0.0205. The summed E-state index contributed by atoms with van der Waals surface area (Å²) in [6.45, 7) is 8.51. The van der Waals surface area contributed by atoms with E-state index in [1.165, 1.54) is 0 Å². The van der Waals surface area contributed by atoms with Gasteiger partial charge in [0.2, 0.25) is 5.96 Å². The minimum Gasteiger partial charge on any atom is -0.353 e. The first-order chi connectivity index (χ1) is 16.4. The summed E-state index contributed by atoms with van der Waals surface area (Å²) >= 11 is 0. The molecular formula is C26H33FN6O. The molecule has 7 nitrogen and oxygen atoms in total. The van der Waals surface area contributed by atoms with E-state index in [2.05, 4.69) is 58.7 Å². The Bertz CT molecular complexity index is 1210. The van der Waals surface area contributed by atoms with Gasteiger partial charge in [0.25, 0.3) is 0 Å². The molecular weight excluding hydrogens is 431 g/mol. The van der Waals surface area contributed by atoms with E-state index in [1.54, 1.807) is 13.3 Å². The number of aliphatic imine (C=N–C) groups is 1. The van der Waals surface area contributed by atoms with Crippen LogP contribution in [0, 0.1) is 5.92 Å². The van der Waals surface area contributed by atoms with Crippen molar-refractivity contribution < 1.29 is 9.13 Å². The van der Waals surface area contributed by atoms with Gasteiger partial charge in [0, 0.05) is 50.1 Å². The number of pyridine rings is 1. The lowest BCUT2D eigenvalue weighted by Crippen LogP contribution is -2.57. The Balaban J connectivity index is 1.42. The lowest BCUT2D eigenvalue weighted by Gasteiger charge is -2.39. The number of likely N-dealkylation sites (tertiary alicyclic amines) is 1. The highest BCUT2D eigenvalue weighted by Gasteiger charge is 2.39. The molecule has 0 radical (unpaired) electrons. The molecule has 5 rings (SSSR count). The SMILES string of the molecule is COC1(C)NC(=N[C@H]2CCN(CC(C)C)C[C@H]2F)Nn2ccc(-c3ccc4ncccc4c3)c21. The second-order valence-electron chi connectivity index (χ2n) is 9.84. The quantitative estimate of drug-likeness (QED) is 0.595. The number of nitrogens with one attached hydrogen (secondary N) is 2. The van der Waals surface area contributed by atoms with Crippen LogP contribution < -0.4 is 10.7 Å². The molecule has 2 aromatic heterocycles. The van der Waals surface area contributed by atoms with Gasteiger partial charge in [-0.15, -0.1) is 0 Å². The number of rotatable bonds is 5. The number of hydrogen-bond donors (Lipinski definition) is 2. The van der Waals surface area contributed by atoms with Gasteiger partial charge in [-0.05, 0) is 49.1 Å². The highest BCUT2D eigenvalue weighted by Crippen LogP contribution is 2.36. The Morgan fingerprint density at radius 2 is 2.15 bits per heavy atom. The van der Waals surface area contributed by atoms with E-state index in [4.69, 9.17) is 9.73 Å². The maximum absolute atomic E-state index is 15.0. The number of halogens is 1. The second-order valence-corrected chi connectivity index (χ2v) is 9.84. The van der Waals surface area contributed by atoms with Crippen LogP contribution in [0.4, 0.5) is 4.39 Å². The molecule has 3 atom stereocenters. The molecule has 180 valence electrons. The van der Waals surface area contributed by atoms with Crippen LogP contribution in [0.25, 0.3) is 22.0 Å². The third kappa shape index (κ3) is 4.28. The molecule has 2 aliphatic rings. The molecule has 0 spiro atoms. The van der Waals surface area contributed by atoms with Gasteiger partial charge in [0.15, 0.2) is 5.72 Å². The van der Waals surface area contributed by atoms with Crippen LogP contribution in [0.3, 0.4) is 0 Å². The van der Waals surface area contributed by atoms with Gasteiger partial charge < -0.3 is 15.0 Å². The molecule has 1 unspecified atom stereocenters. The first-order valence-electron chi connectivity index (χ1n) is 12.0. The first-order valence-corrected chi connectivity index (χ1v) is 12.0. The molecule has 0 amide bonds. The van der Waals surface area contributed by atoms with E-state index < -0.39 is 11.9 Å². The first kappa shape index (κ1) is 22.8. The van der Waals surface area contributed by atoms with Crippen molar-refractivity contribution in [3.8, 4) is 11.1 Å². The fraction of sp³-hybridized carbons (Fsp3) is 0.462. The molecule has 0 bridgehead atoms. The predicted octanol–water partition coefficient (Wildman–Crippen LogP) is 4.09. The third-order valence-corrected chi connectivity index (χ3v) is 6.75. The maximum Gasteiger partial charge on any atom is 0.213 e. The molecule has 2 aliphatic heterocycles. The Morgan fingerprint density at radius 1 is 1.29 bits per heavy atom. The van der Waals surface area contributed by atoms with Gasteiger partial charge >= 0.3 is 0 Å². The van der Waals surface area contributed by atoms with Crippen molar-refractivity contribution in [1.29, 1.82) is 0 Å². The summed E-state index contributed by atoms with van der Waals surface area (Å²) in [6, 6.07) is 11.9. The molecule has 3 aromatic rings. The summed E-state index contributed by atoms with van der Waals surface area (Å²) < 4.78 is 22.9. The predicted molar refractivity (Wildman–Crippen MR) is 134 cm³/mol. The number of hydrogen-bond acceptors (Lipinski definition) is 4. The zero-order valence-corrected chi connectivity index (χ0v) is 20.3. The molecule has 0 aliphatic carbocycles. The van der Waals surface area contributed by atoms with Gasteiger partial charge in [0.05, 0.1) is 17.3 Å². The topological polar surface area (TPSA) is 66.7 Å². The van der Waals surface area contributed by atoms with Crippen LogP contribution in [0.15, 0.2) is 53.8 Å². The normalized spacial score (nSPS) is 26.5. The highest BCUT2D eigenvalue weighted by atomic mass is 19.1. The zero-order chi connectivity index (χ0) is 23.9. The molecule has 1 aromatic carbocycles. The summed E-state index contributed by atoms with van der Waals surface area (Å²) in [5.41, 5.74) is 6.47. The summed E-state index contributed by atoms with van der Waals surface area (Å²) in [5.74, 6) is 1.05. The van der Waals surface area contributed by atoms with Gasteiger partial charge in [-0.3, -0.25) is 15.1 Å². The third-order valence-electron chi connectivity index (χ3n) is 6.75. The van der Waals surface area contributed by atoms with Crippen LogP contribution in [0.5, 0.6) is 0 Å². The average molecular weight is 465 g/mol. The van der Waals surface area contributed by atoms with E-state index in [0.717, 1.165) is 40.8 Å². The summed E-state index contributed by atoms with van der Waals surface area (Å²) in [5, 5.41) is 4.46. The highest BCUT2D eigenvalue weighted by molar-refractivity contribution is 5.91. The molecule has 4 heterocycles. The number of methoxy groups -OCH3 is 1. The van der Waals surface area contributed by atoms with Crippen molar-refractivity contribution in [2.24, 2.45) is 10.9 Å². The number of piperidine rings is 1. The van der Waals surface area contributed by atoms with Crippen molar-refractivity contribution in [2.45, 2.75) is 45.1 Å². The van der Waals surface area contributed by atoms with Crippen LogP contribution >= 0.6 is 0 Å². The fourth-order valence-corrected chi connectivity index (χ4v) is 5.07. The number of aromatic nitrogens is 2. The Kier molecular flexibility index (Phi) is 6.04. The molecule has 34 heavy (non-hydrogen) atoms. The molecule has 1 fully saturated rings. The molecule has 0 saturated carbocycles. The Hall–Kier alpha value is -2.97. The number of benzene rings is 1. The van der Waals surface area contributed by atoms with Crippen LogP contribution in [0.1, 0.15) is 32.9 Å². The van der Waals surface area contributed by atoms with Crippen molar-refractivity contribution >= 4 is 16.9 Å². The number of fused-ring (bicyclic) bond motifs is 2. The summed E-state index contributed by atoms with van der Waals surface area (Å²) in [4.78, 5) is 11.4.